The van der Waals surface area contributed by atoms with Gasteiger partial charge in [-0.2, -0.15) is 0 Å². The van der Waals surface area contributed by atoms with Crippen LogP contribution in [-0.2, 0) is 16.0 Å². The van der Waals surface area contributed by atoms with E-state index in [1.54, 1.807) is 11.1 Å². The second-order valence-corrected chi connectivity index (χ2v) is 4.77. The number of carbonyl (C=O) groups is 2. The number of rotatable bonds is 3. The lowest BCUT2D eigenvalue weighted by Gasteiger charge is -2.15. The van der Waals surface area contributed by atoms with Gasteiger partial charge in [-0.15, -0.1) is 0 Å². The minimum absolute atomic E-state index is 0.0181. The maximum Gasteiger partial charge on any atom is 0.230 e. The molecule has 4 heteroatoms. The van der Waals surface area contributed by atoms with Gasteiger partial charge in [-0.05, 0) is 24.1 Å². The molecule has 1 saturated heterocycles. The van der Waals surface area contributed by atoms with Gasteiger partial charge in [0, 0.05) is 18.1 Å². The summed E-state index contributed by atoms with van der Waals surface area (Å²) in [7, 11) is 0. The molecular weight excluding hydrogens is 240 g/mol. The molecule has 0 bridgehead atoms. The van der Waals surface area contributed by atoms with Crippen LogP contribution in [0.4, 0.5) is 0 Å². The molecule has 0 saturated carbocycles. The molecule has 1 amide bonds. The highest BCUT2D eigenvalue weighted by Gasteiger charge is 2.26. The van der Waals surface area contributed by atoms with Crippen LogP contribution in [0.25, 0.3) is 10.9 Å². The Bertz CT molecular complexity index is 646. The maximum atomic E-state index is 11.6. The number of pyridine rings is 1. The van der Waals surface area contributed by atoms with Crippen molar-refractivity contribution in [3.8, 4) is 0 Å². The number of hydrogen-bond acceptors (Lipinski definition) is 3. The zero-order chi connectivity index (χ0) is 13.2. The summed E-state index contributed by atoms with van der Waals surface area (Å²) in [6, 6.07) is 9.95. The van der Waals surface area contributed by atoms with Crippen molar-refractivity contribution in [1.29, 1.82) is 0 Å². The number of nitrogens with zero attached hydrogens (tertiary/aromatic N) is 2. The first-order valence-corrected chi connectivity index (χ1v) is 6.36. The molecule has 0 spiro atoms. The molecule has 96 valence electrons. The van der Waals surface area contributed by atoms with Gasteiger partial charge in [0.05, 0.1) is 18.5 Å². The second kappa shape index (κ2) is 4.80. The first-order valence-electron chi connectivity index (χ1n) is 6.36. The molecule has 0 N–H and O–H groups in total. The molecule has 0 aliphatic carbocycles. The Morgan fingerprint density at radius 1 is 1.16 bits per heavy atom. The Morgan fingerprint density at radius 2 is 2.05 bits per heavy atom. The number of Topliss-reactive ketones (excluding diaryl/α,β-unsaturated/α-hetero) is 1. The summed E-state index contributed by atoms with van der Waals surface area (Å²) in [5, 5.41) is 1.11. The van der Waals surface area contributed by atoms with Crippen molar-refractivity contribution in [2.24, 2.45) is 0 Å². The average Bonchev–Trinajstić information content (AvgIpc) is 2.74. The van der Waals surface area contributed by atoms with Gasteiger partial charge in [0.25, 0.3) is 0 Å². The molecule has 0 atom stereocenters. The van der Waals surface area contributed by atoms with E-state index in [0.717, 1.165) is 22.9 Å². The molecule has 19 heavy (non-hydrogen) atoms. The molecule has 0 radical (unpaired) electrons. The number of aromatic nitrogens is 1. The molecule has 2 heterocycles. The Kier molecular flexibility index (Phi) is 2.99. The highest BCUT2D eigenvalue weighted by molar-refractivity contribution is 6.05. The summed E-state index contributed by atoms with van der Waals surface area (Å²) in [6.07, 6.45) is 2.59. The third-order valence-electron chi connectivity index (χ3n) is 3.46. The maximum absolute atomic E-state index is 11.6. The van der Waals surface area contributed by atoms with Crippen LogP contribution in [0.5, 0.6) is 0 Å². The first kappa shape index (κ1) is 11.8. The molecule has 1 aliphatic rings. The molecule has 2 aromatic rings. The lowest BCUT2D eigenvalue weighted by atomic mass is 10.1. The van der Waals surface area contributed by atoms with Crippen LogP contribution in [0.2, 0.25) is 0 Å². The highest BCUT2D eigenvalue weighted by Crippen LogP contribution is 2.18. The van der Waals surface area contributed by atoms with Crippen LogP contribution < -0.4 is 0 Å². The van der Waals surface area contributed by atoms with Crippen molar-refractivity contribution in [2.75, 3.05) is 13.1 Å². The van der Waals surface area contributed by atoms with E-state index >= 15 is 0 Å². The van der Waals surface area contributed by atoms with Crippen LogP contribution in [0, 0.1) is 0 Å². The number of fused-ring (bicyclic) bond motifs is 1. The van der Waals surface area contributed by atoms with E-state index in [9.17, 15) is 9.59 Å². The van der Waals surface area contributed by atoms with E-state index < -0.39 is 0 Å². The molecule has 1 fully saturated rings. The van der Waals surface area contributed by atoms with Crippen LogP contribution >= 0.6 is 0 Å². The van der Waals surface area contributed by atoms with Crippen LogP contribution in [0.15, 0.2) is 36.5 Å². The molecule has 1 aromatic carbocycles. The minimum atomic E-state index is -0.0524. The summed E-state index contributed by atoms with van der Waals surface area (Å²) < 4.78 is 0. The number of benzene rings is 1. The van der Waals surface area contributed by atoms with Gasteiger partial charge in [-0.25, -0.2) is 0 Å². The normalized spacial score (nSPS) is 15.5. The van der Waals surface area contributed by atoms with E-state index in [1.807, 2.05) is 30.3 Å². The van der Waals surface area contributed by atoms with Crippen molar-refractivity contribution >= 4 is 22.6 Å². The van der Waals surface area contributed by atoms with Gasteiger partial charge >= 0.3 is 0 Å². The predicted molar refractivity (Wildman–Crippen MR) is 71.7 cm³/mol. The molecular formula is C15H14N2O2. The molecule has 1 aliphatic heterocycles. The number of hydrogen-bond donors (Lipinski definition) is 0. The zero-order valence-corrected chi connectivity index (χ0v) is 10.5. The number of ketones is 1. The van der Waals surface area contributed by atoms with Gasteiger partial charge in [-0.1, -0.05) is 18.2 Å². The Labute approximate surface area is 111 Å². The van der Waals surface area contributed by atoms with Crippen molar-refractivity contribution in [2.45, 2.75) is 12.8 Å². The number of carbonyl (C=O) groups excluding carboxylic acids is 2. The van der Waals surface area contributed by atoms with Gasteiger partial charge in [0.1, 0.15) is 0 Å². The van der Waals surface area contributed by atoms with Crippen LogP contribution in [-0.4, -0.2) is 34.7 Å². The van der Waals surface area contributed by atoms with Crippen molar-refractivity contribution in [3.05, 3.63) is 42.1 Å². The SMILES string of the molecule is O=C1CC(=O)N(CCc2cccc3ncccc23)C1. The molecule has 3 rings (SSSR count). The van der Waals surface area contributed by atoms with Gasteiger partial charge in [0.15, 0.2) is 5.78 Å². The molecule has 4 nitrogen and oxygen atoms in total. The smallest absolute Gasteiger partial charge is 0.230 e. The third kappa shape index (κ3) is 2.34. The largest absolute Gasteiger partial charge is 0.335 e. The topological polar surface area (TPSA) is 50.3 Å². The van der Waals surface area contributed by atoms with Crippen molar-refractivity contribution in [3.63, 3.8) is 0 Å². The summed E-state index contributed by atoms with van der Waals surface area (Å²) in [5.74, 6) is -0.0343. The summed E-state index contributed by atoms with van der Waals surface area (Å²) in [5.41, 5.74) is 2.13. The zero-order valence-electron chi connectivity index (χ0n) is 10.5. The highest BCUT2D eigenvalue weighted by atomic mass is 16.2. The second-order valence-electron chi connectivity index (χ2n) is 4.77. The van der Waals surface area contributed by atoms with Gasteiger partial charge in [0.2, 0.25) is 5.91 Å². The minimum Gasteiger partial charge on any atom is -0.335 e. The third-order valence-corrected chi connectivity index (χ3v) is 3.46. The Morgan fingerprint density at radius 3 is 2.84 bits per heavy atom. The summed E-state index contributed by atoms with van der Waals surface area (Å²) in [6.45, 7) is 0.862. The van der Waals surface area contributed by atoms with E-state index in [-0.39, 0.29) is 24.7 Å². The monoisotopic (exact) mass is 254 g/mol. The van der Waals surface area contributed by atoms with E-state index in [0.29, 0.717) is 6.54 Å². The van der Waals surface area contributed by atoms with Gasteiger partial charge < -0.3 is 4.90 Å². The number of likely N-dealkylation sites (tertiary alicyclic amines) is 1. The van der Waals surface area contributed by atoms with Crippen molar-refractivity contribution in [1.82, 2.24) is 9.88 Å². The Balaban J connectivity index is 1.79. The summed E-state index contributed by atoms with van der Waals surface area (Å²) >= 11 is 0. The lowest BCUT2D eigenvalue weighted by Crippen LogP contribution is -2.27. The lowest BCUT2D eigenvalue weighted by molar-refractivity contribution is -0.127. The molecule has 0 unspecified atom stereocenters. The molecule has 1 aromatic heterocycles. The van der Waals surface area contributed by atoms with Crippen LogP contribution in [0.1, 0.15) is 12.0 Å². The quantitative estimate of drug-likeness (QED) is 0.781. The summed E-state index contributed by atoms with van der Waals surface area (Å²) in [4.78, 5) is 28.7. The Hall–Kier alpha value is -2.23. The van der Waals surface area contributed by atoms with E-state index in [1.165, 1.54) is 0 Å². The predicted octanol–water partition coefficient (Wildman–Crippen LogP) is 1.58. The van der Waals surface area contributed by atoms with E-state index in [4.69, 9.17) is 0 Å². The average molecular weight is 254 g/mol. The fourth-order valence-electron chi connectivity index (χ4n) is 2.48. The fourth-order valence-corrected chi connectivity index (χ4v) is 2.48. The van der Waals surface area contributed by atoms with E-state index in [2.05, 4.69) is 4.98 Å². The van der Waals surface area contributed by atoms with Crippen LogP contribution in [0.3, 0.4) is 0 Å². The van der Waals surface area contributed by atoms with Gasteiger partial charge in [-0.3, -0.25) is 14.6 Å². The van der Waals surface area contributed by atoms with Crippen molar-refractivity contribution < 1.29 is 9.59 Å². The first-order chi connectivity index (χ1) is 9.24. The standard InChI is InChI=1S/C15H14N2O2/c18-12-9-15(19)17(10-12)8-6-11-3-1-5-14-13(11)4-2-7-16-14/h1-5,7H,6,8-10H2. The number of amides is 1. The fraction of sp³-hybridized carbons (Fsp3) is 0.267.